The van der Waals surface area contributed by atoms with Crippen molar-refractivity contribution in [2.45, 2.75) is 18.8 Å². The van der Waals surface area contributed by atoms with E-state index < -0.39 is 0 Å². The third-order valence-electron chi connectivity index (χ3n) is 3.63. The fourth-order valence-electron chi connectivity index (χ4n) is 2.56. The van der Waals surface area contributed by atoms with Crippen molar-refractivity contribution in [1.29, 1.82) is 0 Å². The van der Waals surface area contributed by atoms with Gasteiger partial charge in [0.15, 0.2) is 5.78 Å². The van der Waals surface area contributed by atoms with E-state index in [1.807, 2.05) is 18.2 Å². The van der Waals surface area contributed by atoms with Crippen molar-refractivity contribution >= 4 is 40.0 Å². The molecule has 0 fully saturated rings. The number of Topliss-reactive ketones (excluding diaryl/α,β-unsaturated/α-hetero) is 1. The summed E-state index contributed by atoms with van der Waals surface area (Å²) in [5.74, 6) is 0.555. The van der Waals surface area contributed by atoms with Gasteiger partial charge in [0.2, 0.25) is 0 Å². The van der Waals surface area contributed by atoms with Crippen LogP contribution in [0.2, 0.25) is 5.02 Å². The molecule has 0 radical (unpaired) electrons. The zero-order valence-electron chi connectivity index (χ0n) is 10.2. The second-order valence-corrected chi connectivity index (χ2v) is 6.43. The van der Waals surface area contributed by atoms with Gasteiger partial charge in [0.25, 0.3) is 0 Å². The standard InChI is InChI=1S/C16H12ClIO/c17-14-8-11(5-6-15(14)18)16(19)9-12-7-10-3-1-2-4-13(10)12/h1-6,8,12H,7,9H2. The molecule has 0 spiro atoms. The first-order valence-electron chi connectivity index (χ1n) is 6.21. The lowest BCUT2D eigenvalue weighted by atomic mass is 9.74. The summed E-state index contributed by atoms with van der Waals surface area (Å²) in [4.78, 5) is 12.3. The first-order valence-corrected chi connectivity index (χ1v) is 7.67. The number of fused-ring (bicyclic) bond motifs is 1. The summed E-state index contributed by atoms with van der Waals surface area (Å²) < 4.78 is 0.977. The minimum Gasteiger partial charge on any atom is -0.294 e. The van der Waals surface area contributed by atoms with Gasteiger partial charge >= 0.3 is 0 Å². The molecule has 1 unspecified atom stereocenters. The quantitative estimate of drug-likeness (QED) is 0.547. The fraction of sp³-hybridized carbons (Fsp3) is 0.188. The number of benzene rings is 2. The van der Waals surface area contributed by atoms with Crippen molar-refractivity contribution in [2.75, 3.05) is 0 Å². The molecule has 0 heterocycles. The van der Waals surface area contributed by atoms with E-state index in [1.54, 1.807) is 6.07 Å². The molecular weight excluding hydrogens is 371 g/mol. The third-order valence-corrected chi connectivity index (χ3v) is 5.21. The van der Waals surface area contributed by atoms with Crippen molar-refractivity contribution in [3.63, 3.8) is 0 Å². The van der Waals surface area contributed by atoms with Crippen LogP contribution in [0.25, 0.3) is 0 Å². The largest absolute Gasteiger partial charge is 0.294 e. The number of hydrogen-bond donors (Lipinski definition) is 0. The number of ketones is 1. The highest BCUT2D eigenvalue weighted by Gasteiger charge is 2.27. The Hall–Kier alpha value is -0.870. The van der Waals surface area contributed by atoms with Crippen molar-refractivity contribution in [3.8, 4) is 0 Å². The lowest BCUT2D eigenvalue weighted by Gasteiger charge is -2.29. The van der Waals surface area contributed by atoms with Crippen molar-refractivity contribution in [1.82, 2.24) is 0 Å². The molecule has 0 N–H and O–H groups in total. The lowest BCUT2D eigenvalue weighted by Crippen LogP contribution is -2.20. The van der Waals surface area contributed by atoms with E-state index in [4.69, 9.17) is 11.6 Å². The summed E-state index contributed by atoms with van der Waals surface area (Å²) >= 11 is 8.23. The van der Waals surface area contributed by atoms with Crippen molar-refractivity contribution < 1.29 is 4.79 Å². The Kier molecular flexibility index (Phi) is 3.63. The highest BCUT2D eigenvalue weighted by molar-refractivity contribution is 14.1. The van der Waals surface area contributed by atoms with Crippen molar-refractivity contribution in [2.24, 2.45) is 0 Å². The van der Waals surface area contributed by atoms with E-state index in [0.29, 0.717) is 17.4 Å². The van der Waals surface area contributed by atoms with Gasteiger partial charge in [0.05, 0.1) is 5.02 Å². The smallest absolute Gasteiger partial charge is 0.163 e. The maximum atomic E-state index is 12.3. The number of rotatable bonds is 3. The van der Waals surface area contributed by atoms with Crippen LogP contribution in [0, 0.1) is 3.57 Å². The molecule has 2 aromatic carbocycles. The van der Waals surface area contributed by atoms with Gasteiger partial charge in [-0.05, 0) is 58.2 Å². The summed E-state index contributed by atoms with van der Waals surface area (Å²) in [6.45, 7) is 0. The molecule has 96 valence electrons. The van der Waals surface area contributed by atoms with Gasteiger partial charge in [0, 0.05) is 15.6 Å². The maximum absolute atomic E-state index is 12.3. The first kappa shape index (κ1) is 13.1. The maximum Gasteiger partial charge on any atom is 0.163 e. The topological polar surface area (TPSA) is 17.1 Å². The molecule has 2 aromatic rings. The normalized spacial score (nSPS) is 16.6. The van der Waals surface area contributed by atoms with E-state index in [1.165, 1.54) is 11.1 Å². The minimum absolute atomic E-state index is 0.179. The van der Waals surface area contributed by atoms with Crippen LogP contribution in [0.3, 0.4) is 0 Å². The fourth-order valence-corrected chi connectivity index (χ4v) is 3.07. The van der Waals surface area contributed by atoms with Crippen LogP contribution < -0.4 is 0 Å². The van der Waals surface area contributed by atoms with E-state index in [9.17, 15) is 4.79 Å². The average Bonchev–Trinajstić information content (AvgIpc) is 2.39. The van der Waals surface area contributed by atoms with E-state index >= 15 is 0 Å². The van der Waals surface area contributed by atoms with Crippen LogP contribution in [0.5, 0.6) is 0 Å². The Bertz CT molecular complexity index is 651. The van der Waals surface area contributed by atoms with Gasteiger partial charge in [-0.3, -0.25) is 4.79 Å². The second kappa shape index (κ2) is 5.25. The summed E-state index contributed by atoms with van der Waals surface area (Å²) in [5, 5.41) is 0.653. The lowest BCUT2D eigenvalue weighted by molar-refractivity contribution is 0.0970. The Morgan fingerprint density at radius 1 is 1.26 bits per heavy atom. The molecule has 0 amide bonds. The highest BCUT2D eigenvalue weighted by Crippen LogP contribution is 2.38. The molecule has 1 atom stereocenters. The summed E-state index contributed by atoms with van der Waals surface area (Å²) in [6, 6.07) is 13.9. The van der Waals surface area contributed by atoms with Gasteiger partial charge in [-0.1, -0.05) is 41.9 Å². The van der Waals surface area contributed by atoms with Crippen LogP contribution in [-0.2, 0) is 6.42 Å². The number of halogens is 2. The Morgan fingerprint density at radius 3 is 2.79 bits per heavy atom. The van der Waals surface area contributed by atoms with Gasteiger partial charge in [-0.2, -0.15) is 0 Å². The van der Waals surface area contributed by atoms with Gasteiger partial charge in [-0.15, -0.1) is 0 Å². The summed E-state index contributed by atoms with van der Waals surface area (Å²) in [5.41, 5.74) is 3.42. The summed E-state index contributed by atoms with van der Waals surface area (Å²) in [6.07, 6.45) is 1.59. The monoisotopic (exact) mass is 382 g/mol. The average molecular weight is 383 g/mol. The van der Waals surface area contributed by atoms with Crippen LogP contribution >= 0.6 is 34.2 Å². The van der Waals surface area contributed by atoms with E-state index in [2.05, 4.69) is 40.8 Å². The van der Waals surface area contributed by atoms with Gasteiger partial charge in [-0.25, -0.2) is 0 Å². The molecule has 0 bridgehead atoms. The van der Waals surface area contributed by atoms with Crippen LogP contribution in [0.15, 0.2) is 42.5 Å². The predicted octanol–water partition coefficient (Wildman–Crippen LogP) is 4.86. The van der Waals surface area contributed by atoms with Crippen LogP contribution in [0.1, 0.15) is 33.8 Å². The number of carbonyl (C=O) groups is 1. The van der Waals surface area contributed by atoms with Gasteiger partial charge < -0.3 is 0 Å². The molecule has 1 aliphatic rings. The number of hydrogen-bond acceptors (Lipinski definition) is 1. The van der Waals surface area contributed by atoms with Gasteiger partial charge in [0.1, 0.15) is 0 Å². The molecule has 3 rings (SSSR count). The molecule has 1 nitrogen and oxygen atoms in total. The van der Waals surface area contributed by atoms with E-state index in [0.717, 1.165) is 15.6 Å². The molecule has 1 aliphatic carbocycles. The molecule has 0 aliphatic heterocycles. The predicted molar refractivity (Wildman–Crippen MR) is 86.0 cm³/mol. The molecule has 0 saturated heterocycles. The second-order valence-electron chi connectivity index (χ2n) is 4.86. The molecule has 0 saturated carbocycles. The van der Waals surface area contributed by atoms with Crippen LogP contribution in [-0.4, -0.2) is 5.78 Å². The zero-order chi connectivity index (χ0) is 13.4. The Balaban J connectivity index is 1.75. The van der Waals surface area contributed by atoms with E-state index in [-0.39, 0.29) is 5.78 Å². The molecule has 0 aromatic heterocycles. The molecular formula is C16H12ClIO. The number of carbonyl (C=O) groups excluding carboxylic acids is 1. The van der Waals surface area contributed by atoms with Crippen LogP contribution in [0.4, 0.5) is 0 Å². The highest BCUT2D eigenvalue weighted by atomic mass is 127. The Morgan fingerprint density at radius 2 is 2.05 bits per heavy atom. The third kappa shape index (κ3) is 2.56. The zero-order valence-corrected chi connectivity index (χ0v) is 13.1. The first-order chi connectivity index (χ1) is 9.15. The molecule has 3 heteroatoms. The SMILES string of the molecule is O=C(CC1Cc2ccccc21)c1ccc(I)c(Cl)c1. The minimum atomic E-state index is 0.179. The molecule has 19 heavy (non-hydrogen) atoms. The summed E-state index contributed by atoms with van der Waals surface area (Å²) in [7, 11) is 0. The Labute approximate surface area is 131 Å². The van der Waals surface area contributed by atoms with Crippen molar-refractivity contribution in [3.05, 3.63) is 67.7 Å².